The fourth-order valence-electron chi connectivity index (χ4n) is 2.05. The van der Waals surface area contributed by atoms with Crippen LogP contribution in [-0.2, 0) is 6.42 Å². The molecule has 0 spiro atoms. The zero-order valence-electron chi connectivity index (χ0n) is 11.8. The maximum atomic E-state index is 11.9. The van der Waals surface area contributed by atoms with Crippen LogP contribution in [0.1, 0.15) is 28.7 Å². The predicted octanol–water partition coefficient (Wildman–Crippen LogP) is 2.84. The van der Waals surface area contributed by atoms with Gasteiger partial charge in [-0.1, -0.05) is 0 Å². The molecule has 4 N–H and O–H groups in total. The zero-order valence-corrected chi connectivity index (χ0v) is 12.6. The third kappa shape index (κ3) is 4.09. The zero-order chi connectivity index (χ0) is 15.4. The van der Waals surface area contributed by atoms with Gasteiger partial charge in [-0.3, -0.25) is 0 Å². The highest BCUT2D eigenvalue weighted by Crippen LogP contribution is 2.16. The topological polar surface area (TPSA) is 94.2 Å². The van der Waals surface area contributed by atoms with E-state index in [1.807, 2.05) is 23.8 Å². The molecule has 1 atom stereocenters. The molecule has 2 rings (SSSR count). The van der Waals surface area contributed by atoms with Crippen molar-refractivity contribution in [2.75, 3.05) is 5.32 Å². The molecule has 1 unspecified atom stereocenters. The van der Waals surface area contributed by atoms with Gasteiger partial charge >= 0.3 is 12.0 Å². The molecule has 0 aliphatic carbocycles. The number of anilines is 1. The Morgan fingerprint density at radius 1 is 1.48 bits per heavy atom. The summed E-state index contributed by atoms with van der Waals surface area (Å²) in [6, 6.07) is 3.14. The Morgan fingerprint density at radius 3 is 2.86 bits per heavy atom. The number of amides is 2. The maximum absolute atomic E-state index is 11.9. The van der Waals surface area contributed by atoms with Gasteiger partial charge in [0.25, 0.3) is 0 Å². The number of urea groups is 1. The predicted molar refractivity (Wildman–Crippen MR) is 82.1 cm³/mol. The standard InChI is InChI=1S/C14H17N3O3S/c1-8(5-10-3-4-21-7-10)16-14(20)17-11-6-9(2)15-12(11)13(18)19/h3-4,6-8,15H,5H2,1-2H3,(H,18,19)(H2,16,17,20). The number of aromatic amines is 1. The molecule has 21 heavy (non-hydrogen) atoms. The molecule has 2 aromatic rings. The Morgan fingerprint density at radius 2 is 2.24 bits per heavy atom. The van der Waals surface area contributed by atoms with E-state index in [0.29, 0.717) is 5.69 Å². The van der Waals surface area contributed by atoms with Gasteiger partial charge in [-0.2, -0.15) is 11.3 Å². The Kier molecular flexibility index (Phi) is 4.64. The molecule has 0 aliphatic heterocycles. The minimum Gasteiger partial charge on any atom is -0.477 e. The number of nitrogens with one attached hydrogen (secondary N) is 3. The lowest BCUT2D eigenvalue weighted by atomic mass is 10.1. The molecule has 0 fully saturated rings. The molecule has 0 aliphatic rings. The lowest BCUT2D eigenvalue weighted by molar-refractivity contribution is 0.0692. The first-order chi connectivity index (χ1) is 9.95. The van der Waals surface area contributed by atoms with Gasteiger partial charge in [0.05, 0.1) is 5.69 Å². The average molecular weight is 307 g/mol. The maximum Gasteiger partial charge on any atom is 0.354 e. The molecule has 7 heteroatoms. The number of rotatable bonds is 5. The van der Waals surface area contributed by atoms with E-state index in [1.165, 1.54) is 0 Å². The van der Waals surface area contributed by atoms with Gasteiger partial charge in [0, 0.05) is 11.7 Å². The van der Waals surface area contributed by atoms with Crippen LogP contribution >= 0.6 is 11.3 Å². The highest BCUT2D eigenvalue weighted by molar-refractivity contribution is 7.07. The smallest absolute Gasteiger partial charge is 0.354 e. The van der Waals surface area contributed by atoms with Crippen LogP contribution in [0.4, 0.5) is 10.5 Å². The molecule has 0 radical (unpaired) electrons. The van der Waals surface area contributed by atoms with Crippen molar-refractivity contribution in [2.24, 2.45) is 0 Å². The molecule has 0 aromatic carbocycles. The number of carboxylic acid groups (broad SMARTS) is 1. The SMILES string of the molecule is Cc1cc(NC(=O)NC(C)Cc2ccsc2)c(C(=O)O)[nH]1. The summed E-state index contributed by atoms with van der Waals surface area (Å²) in [6.45, 7) is 3.63. The van der Waals surface area contributed by atoms with Crippen molar-refractivity contribution >= 4 is 29.0 Å². The van der Waals surface area contributed by atoms with Crippen LogP contribution in [0, 0.1) is 6.92 Å². The molecule has 2 amide bonds. The van der Waals surface area contributed by atoms with Crippen molar-refractivity contribution in [3.63, 3.8) is 0 Å². The van der Waals surface area contributed by atoms with Crippen molar-refractivity contribution in [3.8, 4) is 0 Å². The van der Waals surface area contributed by atoms with Gasteiger partial charge in [-0.05, 0) is 48.7 Å². The first kappa shape index (κ1) is 15.1. The normalized spacial score (nSPS) is 11.9. The number of carbonyl (C=O) groups is 2. The van der Waals surface area contributed by atoms with Gasteiger partial charge < -0.3 is 20.7 Å². The molecule has 6 nitrogen and oxygen atoms in total. The Bertz CT molecular complexity index is 634. The number of H-pyrrole nitrogens is 1. The first-order valence-corrected chi connectivity index (χ1v) is 7.41. The number of aromatic carboxylic acids is 1. The lowest BCUT2D eigenvalue weighted by Gasteiger charge is -2.13. The summed E-state index contributed by atoms with van der Waals surface area (Å²) in [7, 11) is 0. The fourth-order valence-corrected chi connectivity index (χ4v) is 2.73. The lowest BCUT2D eigenvalue weighted by Crippen LogP contribution is -2.37. The van der Waals surface area contributed by atoms with Gasteiger partial charge in [0.15, 0.2) is 0 Å². The summed E-state index contributed by atoms with van der Waals surface area (Å²) in [5, 5.41) is 18.4. The van der Waals surface area contributed by atoms with Crippen molar-refractivity contribution in [1.29, 1.82) is 0 Å². The molecule has 0 bridgehead atoms. The molecular weight excluding hydrogens is 290 g/mol. The van der Waals surface area contributed by atoms with E-state index in [2.05, 4.69) is 15.6 Å². The number of carbonyl (C=O) groups excluding carboxylic acids is 1. The first-order valence-electron chi connectivity index (χ1n) is 6.47. The van der Waals surface area contributed by atoms with Crippen LogP contribution in [0.2, 0.25) is 0 Å². The molecule has 0 saturated heterocycles. The summed E-state index contributed by atoms with van der Waals surface area (Å²) in [6.07, 6.45) is 0.731. The summed E-state index contributed by atoms with van der Waals surface area (Å²) in [4.78, 5) is 25.7. The van der Waals surface area contributed by atoms with Crippen molar-refractivity contribution in [1.82, 2.24) is 10.3 Å². The van der Waals surface area contributed by atoms with E-state index in [9.17, 15) is 9.59 Å². The fraction of sp³-hybridized carbons (Fsp3) is 0.286. The Balaban J connectivity index is 1.94. The van der Waals surface area contributed by atoms with E-state index in [4.69, 9.17) is 5.11 Å². The van der Waals surface area contributed by atoms with Crippen LogP contribution in [-0.4, -0.2) is 28.1 Å². The minimum atomic E-state index is -1.11. The molecular formula is C14H17N3O3S. The summed E-state index contributed by atoms with van der Waals surface area (Å²) in [5.74, 6) is -1.11. The second kappa shape index (κ2) is 6.45. The monoisotopic (exact) mass is 307 g/mol. The minimum absolute atomic E-state index is 0.0202. The highest BCUT2D eigenvalue weighted by Gasteiger charge is 2.16. The Labute approximate surface area is 126 Å². The van der Waals surface area contributed by atoms with E-state index < -0.39 is 12.0 Å². The number of aryl methyl sites for hydroxylation is 1. The van der Waals surface area contributed by atoms with Gasteiger partial charge in [0.2, 0.25) is 0 Å². The third-order valence-electron chi connectivity index (χ3n) is 2.91. The number of aromatic nitrogens is 1. The summed E-state index contributed by atoms with van der Waals surface area (Å²) >= 11 is 1.61. The van der Waals surface area contributed by atoms with E-state index in [0.717, 1.165) is 12.0 Å². The van der Waals surface area contributed by atoms with E-state index in [-0.39, 0.29) is 17.4 Å². The van der Waals surface area contributed by atoms with Crippen molar-refractivity contribution in [3.05, 3.63) is 39.8 Å². The summed E-state index contributed by atoms with van der Waals surface area (Å²) in [5.41, 5.74) is 2.08. The molecule has 2 aromatic heterocycles. The number of thiophene rings is 1. The molecule has 0 saturated carbocycles. The van der Waals surface area contributed by atoms with Gasteiger partial charge in [-0.25, -0.2) is 9.59 Å². The van der Waals surface area contributed by atoms with Gasteiger partial charge in [-0.15, -0.1) is 0 Å². The van der Waals surface area contributed by atoms with Crippen LogP contribution in [0.5, 0.6) is 0 Å². The number of hydrogen-bond donors (Lipinski definition) is 4. The molecule has 112 valence electrons. The molecule has 2 heterocycles. The number of hydrogen-bond acceptors (Lipinski definition) is 3. The second-order valence-electron chi connectivity index (χ2n) is 4.88. The van der Waals surface area contributed by atoms with E-state index in [1.54, 1.807) is 24.3 Å². The van der Waals surface area contributed by atoms with E-state index >= 15 is 0 Å². The van der Waals surface area contributed by atoms with Crippen LogP contribution < -0.4 is 10.6 Å². The van der Waals surface area contributed by atoms with Gasteiger partial charge in [0.1, 0.15) is 5.69 Å². The second-order valence-corrected chi connectivity index (χ2v) is 5.66. The van der Waals surface area contributed by atoms with Crippen molar-refractivity contribution < 1.29 is 14.7 Å². The highest BCUT2D eigenvalue weighted by atomic mass is 32.1. The number of carboxylic acids is 1. The average Bonchev–Trinajstić information content (AvgIpc) is 2.98. The largest absolute Gasteiger partial charge is 0.477 e. The third-order valence-corrected chi connectivity index (χ3v) is 3.65. The van der Waals surface area contributed by atoms with Crippen LogP contribution in [0.15, 0.2) is 22.9 Å². The van der Waals surface area contributed by atoms with Crippen molar-refractivity contribution in [2.45, 2.75) is 26.3 Å². The van der Waals surface area contributed by atoms with Crippen LogP contribution in [0.25, 0.3) is 0 Å². The quantitative estimate of drug-likeness (QED) is 0.684. The Hall–Kier alpha value is -2.28. The van der Waals surface area contributed by atoms with Crippen LogP contribution in [0.3, 0.4) is 0 Å². The summed E-state index contributed by atoms with van der Waals surface area (Å²) < 4.78 is 0.